The molecule has 0 aliphatic heterocycles. The highest BCUT2D eigenvalue weighted by molar-refractivity contribution is 7.98. The third kappa shape index (κ3) is 4.29. The van der Waals surface area contributed by atoms with Gasteiger partial charge in [-0.1, -0.05) is 17.8 Å². The third-order valence-corrected chi connectivity index (χ3v) is 4.77. The van der Waals surface area contributed by atoms with Gasteiger partial charge in [0.25, 0.3) is 0 Å². The maximum atomic E-state index is 13.3. The largest absolute Gasteiger partial charge is 0.370 e. The van der Waals surface area contributed by atoms with Crippen molar-refractivity contribution in [3.05, 3.63) is 53.9 Å². The van der Waals surface area contributed by atoms with Crippen LogP contribution in [0.4, 0.5) is 4.39 Å². The first-order chi connectivity index (χ1) is 12.6. The number of nitrogens with zero attached hydrogens (tertiary/aromatic N) is 5. The van der Waals surface area contributed by atoms with Crippen LogP contribution in [0.2, 0.25) is 0 Å². The van der Waals surface area contributed by atoms with Crippen LogP contribution < -0.4 is 5.73 Å². The summed E-state index contributed by atoms with van der Waals surface area (Å²) in [6.45, 7) is 2.71. The fourth-order valence-corrected chi connectivity index (χ4v) is 3.42. The number of aromatic nitrogens is 5. The van der Waals surface area contributed by atoms with Gasteiger partial charge >= 0.3 is 0 Å². The van der Waals surface area contributed by atoms with Crippen molar-refractivity contribution in [3.63, 3.8) is 0 Å². The Labute approximate surface area is 154 Å². The minimum atomic E-state index is -0.354. The van der Waals surface area contributed by atoms with Gasteiger partial charge in [-0.05, 0) is 31.2 Å². The maximum absolute atomic E-state index is 13.3. The van der Waals surface area contributed by atoms with Gasteiger partial charge in [-0.25, -0.2) is 9.07 Å². The Kier molecular flexibility index (Phi) is 5.67. The number of aryl methyl sites for hydroxylation is 1. The van der Waals surface area contributed by atoms with Crippen molar-refractivity contribution < 1.29 is 9.18 Å². The summed E-state index contributed by atoms with van der Waals surface area (Å²) in [4.78, 5) is 11.0. The Balaban J connectivity index is 1.67. The van der Waals surface area contributed by atoms with Gasteiger partial charge in [0.05, 0.1) is 11.4 Å². The normalized spacial score (nSPS) is 11.0. The molecule has 3 rings (SSSR count). The number of primary amides is 1. The first-order valence-corrected chi connectivity index (χ1v) is 9.19. The predicted molar refractivity (Wildman–Crippen MR) is 96.3 cm³/mol. The van der Waals surface area contributed by atoms with Crippen molar-refractivity contribution >= 4 is 17.7 Å². The Hall–Kier alpha value is -2.68. The zero-order valence-electron chi connectivity index (χ0n) is 14.3. The third-order valence-electron chi connectivity index (χ3n) is 3.77. The number of hydrogen-bond donors (Lipinski definition) is 1. The molecule has 2 N–H and O–H groups in total. The van der Waals surface area contributed by atoms with Crippen LogP contribution in [0.3, 0.4) is 0 Å². The van der Waals surface area contributed by atoms with E-state index in [1.165, 1.54) is 23.9 Å². The second kappa shape index (κ2) is 8.13. The Morgan fingerprint density at radius 3 is 2.88 bits per heavy atom. The fourth-order valence-electron chi connectivity index (χ4n) is 2.50. The standard InChI is InChI=1S/C17H19FN6OS/c1-2-23-16(7-6-15(19)25)20-21-17(23)26-11-13-8-9-24(22-13)14-5-3-4-12(18)10-14/h3-5,8-10H,2,6-7,11H2,1H3,(H2,19,25). The highest BCUT2D eigenvalue weighted by atomic mass is 32.2. The summed E-state index contributed by atoms with van der Waals surface area (Å²) >= 11 is 1.51. The zero-order chi connectivity index (χ0) is 18.5. The van der Waals surface area contributed by atoms with E-state index in [0.717, 1.165) is 16.7 Å². The van der Waals surface area contributed by atoms with E-state index in [1.807, 2.05) is 17.6 Å². The molecule has 2 aromatic heterocycles. The van der Waals surface area contributed by atoms with Gasteiger partial charge in [-0.3, -0.25) is 4.79 Å². The quantitative estimate of drug-likeness (QED) is 0.611. The first kappa shape index (κ1) is 18.1. The molecule has 1 amide bonds. The van der Waals surface area contributed by atoms with Crippen molar-refractivity contribution in [1.82, 2.24) is 24.5 Å². The smallest absolute Gasteiger partial charge is 0.217 e. The molecule has 26 heavy (non-hydrogen) atoms. The van der Waals surface area contributed by atoms with E-state index >= 15 is 0 Å². The van der Waals surface area contributed by atoms with Crippen molar-refractivity contribution in [1.29, 1.82) is 0 Å². The maximum Gasteiger partial charge on any atom is 0.217 e. The molecule has 0 atom stereocenters. The number of hydrogen-bond acceptors (Lipinski definition) is 5. The minimum Gasteiger partial charge on any atom is -0.370 e. The van der Waals surface area contributed by atoms with E-state index < -0.39 is 0 Å². The van der Waals surface area contributed by atoms with Gasteiger partial charge in [0, 0.05) is 31.3 Å². The molecule has 3 aromatic rings. The van der Waals surface area contributed by atoms with Gasteiger partial charge in [0.2, 0.25) is 5.91 Å². The molecule has 136 valence electrons. The molecule has 0 spiro atoms. The van der Waals surface area contributed by atoms with Crippen LogP contribution in [0, 0.1) is 5.82 Å². The highest BCUT2D eigenvalue weighted by Crippen LogP contribution is 2.22. The fraction of sp³-hybridized carbons (Fsp3) is 0.294. The van der Waals surface area contributed by atoms with E-state index in [2.05, 4.69) is 15.3 Å². The Morgan fingerprint density at radius 1 is 1.31 bits per heavy atom. The average Bonchev–Trinajstić information content (AvgIpc) is 3.24. The summed E-state index contributed by atoms with van der Waals surface area (Å²) < 4.78 is 16.9. The van der Waals surface area contributed by atoms with Gasteiger partial charge in [0.1, 0.15) is 11.6 Å². The minimum absolute atomic E-state index is 0.251. The van der Waals surface area contributed by atoms with Crippen molar-refractivity contribution in [2.24, 2.45) is 5.73 Å². The predicted octanol–water partition coefficient (Wildman–Crippen LogP) is 2.33. The van der Waals surface area contributed by atoms with E-state index in [0.29, 0.717) is 24.4 Å². The highest BCUT2D eigenvalue weighted by Gasteiger charge is 2.13. The van der Waals surface area contributed by atoms with Gasteiger partial charge < -0.3 is 10.3 Å². The molecule has 2 heterocycles. The second-order valence-electron chi connectivity index (χ2n) is 5.63. The van der Waals surface area contributed by atoms with Crippen LogP contribution in [0.1, 0.15) is 24.9 Å². The number of thioether (sulfide) groups is 1. The number of carbonyl (C=O) groups is 1. The number of halogens is 1. The van der Waals surface area contributed by atoms with Gasteiger partial charge in [0.15, 0.2) is 5.16 Å². The molecular weight excluding hydrogens is 355 g/mol. The number of nitrogens with two attached hydrogens (primary N) is 1. The molecule has 0 radical (unpaired) electrons. The van der Waals surface area contributed by atoms with Crippen LogP contribution >= 0.6 is 11.8 Å². The molecule has 0 saturated heterocycles. The summed E-state index contributed by atoms with van der Waals surface area (Å²) in [7, 11) is 0. The summed E-state index contributed by atoms with van der Waals surface area (Å²) in [5.74, 6) is 0.705. The molecule has 1 aromatic carbocycles. The lowest BCUT2D eigenvalue weighted by molar-refractivity contribution is -0.118. The van der Waals surface area contributed by atoms with Crippen LogP contribution in [0.25, 0.3) is 5.69 Å². The molecular formula is C17H19FN6OS. The molecule has 0 unspecified atom stereocenters. The molecule has 0 fully saturated rings. The lowest BCUT2D eigenvalue weighted by Crippen LogP contribution is -2.13. The average molecular weight is 374 g/mol. The van der Waals surface area contributed by atoms with E-state index in [9.17, 15) is 9.18 Å². The van der Waals surface area contributed by atoms with Crippen LogP contribution in [-0.2, 0) is 23.5 Å². The number of benzene rings is 1. The molecule has 0 aliphatic rings. The SMILES string of the molecule is CCn1c(CCC(N)=O)nnc1SCc1ccn(-c2cccc(F)c2)n1. The number of amides is 1. The summed E-state index contributed by atoms with van der Waals surface area (Å²) in [6, 6.07) is 8.17. The monoisotopic (exact) mass is 374 g/mol. The van der Waals surface area contributed by atoms with Crippen molar-refractivity contribution in [2.45, 2.75) is 37.2 Å². The number of carbonyl (C=O) groups excluding carboxylic acids is 1. The first-order valence-electron chi connectivity index (χ1n) is 8.20. The molecule has 7 nitrogen and oxygen atoms in total. The lowest BCUT2D eigenvalue weighted by atomic mass is 10.3. The lowest BCUT2D eigenvalue weighted by Gasteiger charge is -2.06. The van der Waals surface area contributed by atoms with Crippen LogP contribution in [0.5, 0.6) is 0 Å². The zero-order valence-corrected chi connectivity index (χ0v) is 15.1. The summed E-state index contributed by atoms with van der Waals surface area (Å²) in [6.07, 6.45) is 2.53. The summed E-state index contributed by atoms with van der Waals surface area (Å²) in [5.41, 5.74) is 6.72. The van der Waals surface area contributed by atoms with Crippen molar-refractivity contribution in [3.8, 4) is 5.69 Å². The van der Waals surface area contributed by atoms with E-state index in [4.69, 9.17) is 5.73 Å². The van der Waals surface area contributed by atoms with Gasteiger partial charge in [-0.15, -0.1) is 10.2 Å². The van der Waals surface area contributed by atoms with Gasteiger partial charge in [-0.2, -0.15) is 5.10 Å². The Bertz CT molecular complexity index is 906. The number of rotatable bonds is 8. The molecule has 0 saturated carbocycles. The van der Waals surface area contributed by atoms with Crippen molar-refractivity contribution in [2.75, 3.05) is 0 Å². The molecule has 0 aliphatic carbocycles. The Morgan fingerprint density at radius 2 is 2.15 bits per heavy atom. The van der Waals surface area contributed by atoms with E-state index in [1.54, 1.807) is 23.0 Å². The second-order valence-corrected chi connectivity index (χ2v) is 6.57. The summed E-state index contributed by atoms with van der Waals surface area (Å²) in [5, 5.41) is 13.6. The molecule has 9 heteroatoms. The van der Waals surface area contributed by atoms with E-state index in [-0.39, 0.29) is 18.1 Å². The topological polar surface area (TPSA) is 91.6 Å². The van der Waals surface area contributed by atoms with Crippen LogP contribution in [-0.4, -0.2) is 30.5 Å². The molecule has 0 bridgehead atoms. The van der Waals surface area contributed by atoms with Crippen LogP contribution in [0.15, 0.2) is 41.7 Å².